The van der Waals surface area contributed by atoms with Crippen molar-refractivity contribution in [1.29, 1.82) is 5.41 Å². The topological polar surface area (TPSA) is 62.3 Å². The second-order valence-corrected chi connectivity index (χ2v) is 4.81. The van der Waals surface area contributed by atoms with Gasteiger partial charge < -0.3 is 20.8 Å². The van der Waals surface area contributed by atoms with Crippen LogP contribution in [0.25, 0.3) is 0 Å². The van der Waals surface area contributed by atoms with Gasteiger partial charge in [-0.2, -0.15) is 0 Å². The van der Waals surface area contributed by atoms with Crippen LogP contribution in [0, 0.1) is 5.41 Å². The van der Waals surface area contributed by atoms with Crippen molar-refractivity contribution in [3.8, 4) is 5.75 Å². The van der Waals surface area contributed by atoms with Gasteiger partial charge in [0.2, 0.25) is 0 Å². The first-order chi connectivity index (χ1) is 8.45. The summed E-state index contributed by atoms with van der Waals surface area (Å²) in [5.41, 5.74) is 8.51. The average Bonchev–Trinajstić information content (AvgIpc) is 2.27. The molecular formula is C14H23N3O. The van der Waals surface area contributed by atoms with Crippen molar-refractivity contribution in [2.75, 3.05) is 26.1 Å². The van der Waals surface area contributed by atoms with Gasteiger partial charge >= 0.3 is 0 Å². The van der Waals surface area contributed by atoms with Crippen molar-refractivity contribution in [2.24, 2.45) is 5.73 Å². The lowest BCUT2D eigenvalue weighted by Crippen LogP contribution is -2.21. The molecule has 1 atom stereocenters. The third-order valence-electron chi connectivity index (χ3n) is 2.77. The zero-order valence-electron chi connectivity index (χ0n) is 11.7. The Morgan fingerprint density at radius 2 is 2.11 bits per heavy atom. The molecule has 0 fully saturated rings. The minimum Gasteiger partial charge on any atom is -0.496 e. The van der Waals surface area contributed by atoms with Gasteiger partial charge in [0.05, 0.1) is 7.11 Å². The maximum atomic E-state index is 8.01. The molecule has 0 radical (unpaired) electrons. The number of hydrogen-bond acceptors (Lipinski definition) is 4. The smallest absolute Gasteiger partial charge is 0.124 e. The monoisotopic (exact) mass is 249 g/mol. The van der Waals surface area contributed by atoms with Crippen LogP contribution in [0.15, 0.2) is 18.2 Å². The molecule has 0 bridgehead atoms. The fraction of sp³-hybridized carbons (Fsp3) is 0.500. The zero-order valence-corrected chi connectivity index (χ0v) is 11.7. The Labute approximate surface area is 109 Å². The Kier molecular flexibility index (Phi) is 5.16. The van der Waals surface area contributed by atoms with Crippen molar-refractivity contribution in [3.63, 3.8) is 0 Å². The van der Waals surface area contributed by atoms with E-state index in [1.807, 2.05) is 44.1 Å². The van der Waals surface area contributed by atoms with E-state index in [2.05, 4.69) is 0 Å². The van der Waals surface area contributed by atoms with Crippen LogP contribution in [0.3, 0.4) is 0 Å². The fourth-order valence-electron chi connectivity index (χ4n) is 2.02. The average molecular weight is 249 g/mol. The quantitative estimate of drug-likeness (QED) is 0.759. The number of nitrogens with one attached hydrogen (secondary N) is 1. The van der Waals surface area contributed by atoms with Gasteiger partial charge in [0.1, 0.15) is 5.75 Å². The van der Waals surface area contributed by atoms with E-state index in [9.17, 15) is 0 Å². The van der Waals surface area contributed by atoms with E-state index in [-0.39, 0.29) is 6.04 Å². The molecule has 0 amide bonds. The molecule has 0 saturated heterocycles. The largest absolute Gasteiger partial charge is 0.496 e. The molecule has 1 rings (SSSR count). The SMILES string of the molecule is COc1cccc(N(C)C)c1CC(=N)C[C@H](C)N. The molecule has 4 nitrogen and oxygen atoms in total. The van der Waals surface area contributed by atoms with Gasteiger partial charge in [0.25, 0.3) is 0 Å². The Hall–Kier alpha value is -1.55. The summed E-state index contributed by atoms with van der Waals surface area (Å²) in [6, 6.07) is 5.96. The first-order valence-electron chi connectivity index (χ1n) is 6.10. The number of anilines is 1. The van der Waals surface area contributed by atoms with E-state index in [1.165, 1.54) is 0 Å². The van der Waals surface area contributed by atoms with Gasteiger partial charge in [-0.3, -0.25) is 0 Å². The van der Waals surface area contributed by atoms with E-state index in [4.69, 9.17) is 15.9 Å². The van der Waals surface area contributed by atoms with Crippen molar-refractivity contribution < 1.29 is 4.74 Å². The lowest BCUT2D eigenvalue weighted by molar-refractivity contribution is 0.411. The van der Waals surface area contributed by atoms with Gasteiger partial charge in [0, 0.05) is 49.9 Å². The number of nitrogens with zero attached hydrogens (tertiary/aromatic N) is 1. The molecule has 18 heavy (non-hydrogen) atoms. The van der Waals surface area contributed by atoms with E-state index in [0.717, 1.165) is 17.0 Å². The highest BCUT2D eigenvalue weighted by atomic mass is 16.5. The molecule has 4 heteroatoms. The summed E-state index contributed by atoms with van der Waals surface area (Å²) in [6.45, 7) is 1.92. The summed E-state index contributed by atoms with van der Waals surface area (Å²) in [5, 5.41) is 8.01. The summed E-state index contributed by atoms with van der Waals surface area (Å²) in [4.78, 5) is 2.04. The fourth-order valence-corrected chi connectivity index (χ4v) is 2.02. The van der Waals surface area contributed by atoms with Gasteiger partial charge in [-0.15, -0.1) is 0 Å². The van der Waals surface area contributed by atoms with Crippen molar-refractivity contribution >= 4 is 11.4 Å². The summed E-state index contributed by atoms with van der Waals surface area (Å²) >= 11 is 0. The van der Waals surface area contributed by atoms with Crippen LogP contribution in [-0.4, -0.2) is 33.0 Å². The molecule has 100 valence electrons. The van der Waals surface area contributed by atoms with Gasteiger partial charge in [0.15, 0.2) is 0 Å². The molecule has 0 heterocycles. The first kappa shape index (κ1) is 14.5. The Morgan fingerprint density at radius 3 is 2.61 bits per heavy atom. The van der Waals surface area contributed by atoms with Gasteiger partial charge in [-0.05, 0) is 19.1 Å². The number of rotatable bonds is 6. The molecule has 0 saturated carbocycles. The van der Waals surface area contributed by atoms with Crippen LogP contribution >= 0.6 is 0 Å². The van der Waals surface area contributed by atoms with E-state index in [1.54, 1.807) is 7.11 Å². The van der Waals surface area contributed by atoms with Gasteiger partial charge in [-0.1, -0.05) is 6.07 Å². The van der Waals surface area contributed by atoms with Crippen molar-refractivity contribution in [1.82, 2.24) is 0 Å². The van der Waals surface area contributed by atoms with Crippen molar-refractivity contribution in [2.45, 2.75) is 25.8 Å². The number of nitrogens with two attached hydrogens (primary N) is 1. The minimum absolute atomic E-state index is 0.0232. The maximum Gasteiger partial charge on any atom is 0.124 e. The van der Waals surface area contributed by atoms with Crippen LogP contribution < -0.4 is 15.4 Å². The molecular weight excluding hydrogens is 226 g/mol. The second-order valence-electron chi connectivity index (χ2n) is 4.81. The predicted molar refractivity (Wildman–Crippen MR) is 77.0 cm³/mol. The standard InChI is InChI=1S/C14H23N3O/c1-10(15)8-11(16)9-12-13(17(2)3)6-5-7-14(12)18-4/h5-7,10,16H,8-9,15H2,1-4H3/t10-/m0/s1. The van der Waals surface area contributed by atoms with E-state index < -0.39 is 0 Å². The minimum atomic E-state index is 0.0232. The number of hydrogen-bond donors (Lipinski definition) is 2. The van der Waals surface area contributed by atoms with Crippen LogP contribution in [0.1, 0.15) is 18.9 Å². The molecule has 0 unspecified atom stereocenters. The molecule has 0 aliphatic heterocycles. The summed E-state index contributed by atoms with van der Waals surface area (Å²) in [6.07, 6.45) is 1.20. The molecule has 3 N–H and O–H groups in total. The third kappa shape index (κ3) is 3.74. The Morgan fingerprint density at radius 1 is 1.44 bits per heavy atom. The maximum absolute atomic E-state index is 8.01. The van der Waals surface area contributed by atoms with E-state index in [0.29, 0.717) is 18.6 Å². The van der Waals surface area contributed by atoms with Crippen LogP contribution in [0.5, 0.6) is 5.75 Å². The summed E-state index contributed by atoms with van der Waals surface area (Å²) < 4.78 is 5.39. The van der Waals surface area contributed by atoms with Crippen LogP contribution in [0.2, 0.25) is 0 Å². The first-order valence-corrected chi connectivity index (χ1v) is 6.10. The number of ether oxygens (including phenoxy) is 1. The van der Waals surface area contributed by atoms with Crippen LogP contribution in [-0.2, 0) is 6.42 Å². The molecule has 0 aliphatic rings. The summed E-state index contributed by atoms with van der Waals surface area (Å²) in [7, 11) is 5.65. The highest BCUT2D eigenvalue weighted by molar-refractivity contribution is 5.86. The van der Waals surface area contributed by atoms with E-state index >= 15 is 0 Å². The lowest BCUT2D eigenvalue weighted by Gasteiger charge is -2.20. The van der Waals surface area contributed by atoms with Crippen LogP contribution in [0.4, 0.5) is 5.69 Å². The second kappa shape index (κ2) is 6.40. The lowest BCUT2D eigenvalue weighted by atomic mass is 10.0. The molecule has 0 aromatic heterocycles. The van der Waals surface area contributed by atoms with Crippen molar-refractivity contribution in [3.05, 3.63) is 23.8 Å². The number of methoxy groups -OCH3 is 1. The molecule has 0 aliphatic carbocycles. The highest BCUT2D eigenvalue weighted by Gasteiger charge is 2.13. The molecule has 1 aromatic carbocycles. The molecule has 1 aromatic rings. The highest BCUT2D eigenvalue weighted by Crippen LogP contribution is 2.29. The zero-order chi connectivity index (χ0) is 13.7. The Bertz CT molecular complexity index is 414. The number of benzene rings is 1. The normalized spacial score (nSPS) is 12.1. The summed E-state index contributed by atoms with van der Waals surface area (Å²) in [5.74, 6) is 0.829. The Balaban J connectivity index is 3.01. The molecule has 0 spiro atoms. The third-order valence-corrected chi connectivity index (χ3v) is 2.77. The van der Waals surface area contributed by atoms with Gasteiger partial charge in [-0.25, -0.2) is 0 Å². The predicted octanol–water partition coefficient (Wildman–Crippen LogP) is 2.06.